The fourth-order valence-electron chi connectivity index (χ4n) is 1.22. The number of alkyl halides is 1. The Morgan fingerprint density at radius 2 is 2.00 bits per heavy atom. The van der Waals surface area contributed by atoms with Crippen LogP contribution in [0, 0.1) is 0 Å². The van der Waals surface area contributed by atoms with Gasteiger partial charge in [-0.2, -0.15) is 0 Å². The van der Waals surface area contributed by atoms with Crippen molar-refractivity contribution in [3.63, 3.8) is 0 Å². The lowest BCUT2D eigenvalue weighted by atomic mass is 10.1. The highest BCUT2D eigenvalue weighted by Gasteiger charge is 2.16. The third-order valence-electron chi connectivity index (χ3n) is 2.04. The molecule has 0 aliphatic rings. The molecule has 0 heterocycles. The summed E-state index contributed by atoms with van der Waals surface area (Å²) in [6, 6.07) is 5.84. The summed E-state index contributed by atoms with van der Waals surface area (Å²) in [6.07, 6.45) is 3.99. The van der Waals surface area contributed by atoms with E-state index in [0.717, 1.165) is 15.4 Å². The lowest BCUT2D eigenvalue weighted by Gasteiger charge is -2.09. The van der Waals surface area contributed by atoms with Crippen molar-refractivity contribution < 1.29 is 4.79 Å². The Hall–Kier alpha value is -0.120. The van der Waals surface area contributed by atoms with Crippen molar-refractivity contribution in [2.75, 3.05) is 12.5 Å². The molecule has 0 radical (unpaired) electrons. The summed E-state index contributed by atoms with van der Waals surface area (Å²) >= 11 is 9.05. The van der Waals surface area contributed by atoms with E-state index in [1.165, 1.54) is 0 Å². The van der Waals surface area contributed by atoms with E-state index in [1.54, 1.807) is 30.4 Å². The van der Waals surface area contributed by atoms with Crippen LogP contribution in [0.3, 0.4) is 0 Å². The number of thioether (sulfide) groups is 2. The predicted octanol–water partition coefficient (Wildman–Crippen LogP) is 3.94. The van der Waals surface area contributed by atoms with Crippen LogP contribution in [0.25, 0.3) is 0 Å². The fraction of sp³-hybridized carbons (Fsp3) is 0.364. The largest absolute Gasteiger partial charge is 0.292 e. The monoisotopic (exact) mass is 260 g/mol. The SMILES string of the molecule is CSc1ccc(C(=O)C(C)Cl)c(SC)c1. The second kappa shape index (κ2) is 5.83. The van der Waals surface area contributed by atoms with E-state index in [0.29, 0.717) is 0 Å². The van der Waals surface area contributed by atoms with Crippen molar-refractivity contribution in [3.05, 3.63) is 23.8 Å². The number of Topliss-reactive ketones (excluding diaryl/α,β-unsaturated/α-hetero) is 1. The first-order valence-electron chi connectivity index (χ1n) is 4.50. The van der Waals surface area contributed by atoms with Gasteiger partial charge in [0, 0.05) is 15.4 Å². The molecule has 0 saturated heterocycles. The summed E-state index contributed by atoms with van der Waals surface area (Å²) in [7, 11) is 0. The quantitative estimate of drug-likeness (QED) is 0.464. The highest BCUT2D eigenvalue weighted by Crippen LogP contribution is 2.27. The van der Waals surface area contributed by atoms with E-state index in [4.69, 9.17) is 11.6 Å². The van der Waals surface area contributed by atoms with E-state index in [-0.39, 0.29) is 5.78 Å². The molecule has 0 aliphatic carbocycles. The minimum atomic E-state index is -0.462. The van der Waals surface area contributed by atoms with Crippen LogP contribution in [0.4, 0.5) is 0 Å². The second-order valence-electron chi connectivity index (χ2n) is 3.05. The van der Waals surface area contributed by atoms with E-state index in [2.05, 4.69) is 0 Å². The summed E-state index contributed by atoms with van der Waals surface area (Å²) in [5.74, 6) is -0.00586. The lowest BCUT2D eigenvalue weighted by Crippen LogP contribution is -2.11. The number of ketones is 1. The van der Waals surface area contributed by atoms with Crippen molar-refractivity contribution in [2.45, 2.75) is 22.1 Å². The first-order chi connectivity index (χ1) is 7.10. The minimum Gasteiger partial charge on any atom is -0.292 e. The van der Waals surface area contributed by atoms with Crippen LogP contribution in [0.5, 0.6) is 0 Å². The molecule has 1 atom stereocenters. The van der Waals surface area contributed by atoms with Crippen LogP contribution in [0.2, 0.25) is 0 Å². The number of hydrogen-bond acceptors (Lipinski definition) is 3. The number of halogens is 1. The van der Waals surface area contributed by atoms with Gasteiger partial charge < -0.3 is 0 Å². The van der Waals surface area contributed by atoms with Gasteiger partial charge >= 0.3 is 0 Å². The van der Waals surface area contributed by atoms with Crippen molar-refractivity contribution in [2.24, 2.45) is 0 Å². The maximum Gasteiger partial charge on any atom is 0.181 e. The topological polar surface area (TPSA) is 17.1 Å². The lowest BCUT2D eigenvalue weighted by molar-refractivity contribution is 0.0989. The maximum atomic E-state index is 11.8. The van der Waals surface area contributed by atoms with Gasteiger partial charge in [-0.25, -0.2) is 0 Å². The Labute approximate surface area is 104 Å². The molecule has 0 aliphatic heterocycles. The van der Waals surface area contributed by atoms with Gasteiger partial charge in [-0.3, -0.25) is 4.79 Å². The van der Waals surface area contributed by atoms with Crippen LogP contribution < -0.4 is 0 Å². The number of hydrogen-bond donors (Lipinski definition) is 0. The van der Waals surface area contributed by atoms with Gasteiger partial charge in [0.1, 0.15) is 0 Å². The van der Waals surface area contributed by atoms with Gasteiger partial charge in [0.2, 0.25) is 0 Å². The van der Waals surface area contributed by atoms with E-state index in [1.807, 2.05) is 30.7 Å². The Balaban J connectivity index is 3.13. The molecule has 82 valence electrons. The molecular formula is C11H13ClOS2. The minimum absolute atomic E-state index is 0.00586. The molecule has 0 N–H and O–H groups in total. The zero-order valence-corrected chi connectivity index (χ0v) is 11.3. The van der Waals surface area contributed by atoms with Crippen molar-refractivity contribution >= 4 is 40.9 Å². The first kappa shape index (κ1) is 12.9. The first-order valence-corrected chi connectivity index (χ1v) is 7.39. The number of carbonyl (C=O) groups is 1. The Bertz CT molecular complexity index is 364. The summed E-state index contributed by atoms with van der Waals surface area (Å²) in [6.45, 7) is 1.70. The summed E-state index contributed by atoms with van der Waals surface area (Å²) < 4.78 is 0. The summed E-state index contributed by atoms with van der Waals surface area (Å²) in [5.41, 5.74) is 0.725. The second-order valence-corrected chi connectivity index (χ2v) is 5.43. The Morgan fingerprint density at radius 3 is 2.47 bits per heavy atom. The molecule has 1 aromatic rings. The van der Waals surface area contributed by atoms with Crippen molar-refractivity contribution in [1.82, 2.24) is 0 Å². The van der Waals surface area contributed by atoms with Crippen LogP contribution in [-0.2, 0) is 0 Å². The zero-order valence-electron chi connectivity index (χ0n) is 8.91. The van der Waals surface area contributed by atoms with Crippen molar-refractivity contribution in [1.29, 1.82) is 0 Å². The van der Waals surface area contributed by atoms with E-state index < -0.39 is 5.38 Å². The summed E-state index contributed by atoms with van der Waals surface area (Å²) in [5, 5.41) is -0.462. The molecule has 0 bridgehead atoms. The maximum absolute atomic E-state index is 11.8. The molecule has 1 aromatic carbocycles. The molecule has 0 amide bonds. The average molecular weight is 261 g/mol. The van der Waals surface area contributed by atoms with Gasteiger partial charge in [-0.15, -0.1) is 35.1 Å². The van der Waals surface area contributed by atoms with E-state index >= 15 is 0 Å². The van der Waals surface area contributed by atoms with E-state index in [9.17, 15) is 4.79 Å². The van der Waals surface area contributed by atoms with Gasteiger partial charge in [0.25, 0.3) is 0 Å². The molecule has 0 fully saturated rings. The van der Waals surface area contributed by atoms with Crippen molar-refractivity contribution in [3.8, 4) is 0 Å². The highest BCUT2D eigenvalue weighted by molar-refractivity contribution is 7.99. The number of rotatable bonds is 4. The van der Waals surface area contributed by atoms with Gasteiger partial charge in [0.15, 0.2) is 5.78 Å². The molecule has 1 nitrogen and oxygen atoms in total. The van der Waals surface area contributed by atoms with Crippen LogP contribution >= 0.6 is 35.1 Å². The Kier molecular flexibility index (Phi) is 5.03. The van der Waals surface area contributed by atoms with Gasteiger partial charge in [-0.1, -0.05) is 0 Å². The third kappa shape index (κ3) is 3.16. The van der Waals surface area contributed by atoms with Crippen LogP contribution in [0.15, 0.2) is 28.0 Å². The molecule has 0 spiro atoms. The van der Waals surface area contributed by atoms with Gasteiger partial charge in [0.05, 0.1) is 5.38 Å². The molecular weight excluding hydrogens is 248 g/mol. The molecule has 4 heteroatoms. The summed E-state index contributed by atoms with van der Waals surface area (Å²) in [4.78, 5) is 13.9. The Morgan fingerprint density at radius 1 is 1.33 bits per heavy atom. The van der Waals surface area contributed by atoms with Gasteiger partial charge in [-0.05, 0) is 37.6 Å². The standard InChI is InChI=1S/C11H13ClOS2/c1-7(12)11(13)9-5-4-8(14-2)6-10(9)15-3/h4-7H,1-3H3. The fourth-order valence-corrected chi connectivity index (χ4v) is 2.48. The zero-order chi connectivity index (χ0) is 11.4. The smallest absolute Gasteiger partial charge is 0.181 e. The van der Waals surface area contributed by atoms with Crippen LogP contribution in [0.1, 0.15) is 17.3 Å². The molecule has 0 saturated carbocycles. The molecule has 0 aromatic heterocycles. The molecule has 1 rings (SSSR count). The highest BCUT2D eigenvalue weighted by atomic mass is 35.5. The number of carbonyl (C=O) groups excluding carboxylic acids is 1. The average Bonchev–Trinajstić information content (AvgIpc) is 2.27. The van der Waals surface area contributed by atoms with Crippen LogP contribution in [-0.4, -0.2) is 23.7 Å². The predicted molar refractivity (Wildman–Crippen MR) is 69.6 cm³/mol. The number of benzene rings is 1. The molecule has 1 unspecified atom stereocenters. The third-order valence-corrected chi connectivity index (χ3v) is 3.74. The normalized spacial score (nSPS) is 12.5. The molecule has 15 heavy (non-hydrogen) atoms.